The quantitative estimate of drug-likeness (QED) is 0.393. The number of carbonyl (C=O) groups is 2. The minimum Gasteiger partial charge on any atom is -0.387 e. The zero-order valence-corrected chi connectivity index (χ0v) is 16.8. The van der Waals surface area contributed by atoms with E-state index in [1.807, 2.05) is 30.3 Å². The maximum Gasteiger partial charge on any atom is 0.262 e. The second kappa shape index (κ2) is 8.66. The van der Waals surface area contributed by atoms with E-state index in [9.17, 15) is 9.59 Å². The van der Waals surface area contributed by atoms with Gasteiger partial charge in [-0.25, -0.2) is 15.0 Å². The predicted molar refractivity (Wildman–Crippen MR) is 117 cm³/mol. The SMILES string of the molecule is CC(C(N=C(N)Cc1ccccc1)=Nc1ncccn1)N1C(=O)c2ccccc2C1=O. The number of benzene rings is 2. The maximum absolute atomic E-state index is 12.9. The minimum absolute atomic E-state index is 0.164. The molecule has 1 aliphatic rings. The minimum atomic E-state index is -0.773. The van der Waals surface area contributed by atoms with Crippen LogP contribution in [0.15, 0.2) is 83.0 Å². The van der Waals surface area contributed by atoms with E-state index in [1.54, 1.807) is 49.6 Å². The van der Waals surface area contributed by atoms with Crippen LogP contribution in [0.3, 0.4) is 0 Å². The first-order chi connectivity index (χ1) is 15.0. The standard InChI is InChI=1S/C23H20N6O2/c1-15(29-21(30)17-10-5-6-11-18(17)22(29)31)20(28-23-25-12-7-13-26-23)27-19(24)14-16-8-3-2-4-9-16/h2-13,15H,14H2,1H3,(H2,24,25,26,27,28). The van der Waals surface area contributed by atoms with Crippen molar-refractivity contribution in [3.8, 4) is 0 Å². The highest BCUT2D eigenvalue weighted by molar-refractivity contribution is 6.23. The fraction of sp³-hybridized carbons (Fsp3) is 0.130. The van der Waals surface area contributed by atoms with Crippen LogP contribution in [0.4, 0.5) is 5.95 Å². The van der Waals surface area contributed by atoms with E-state index < -0.39 is 17.9 Å². The first-order valence-corrected chi connectivity index (χ1v) is 9.74. The molecule has 2 N–H and O–H groups in total. The molecule has 154 valence electrons. The number of amidine groups is 2. The summed E-state index contributed by atoms with van der Waals surface area (Å²) in [4.78, 5) is 44.0. The molecule has 0 aliphatic carbocycles. The number of carbonyl (C=O) groups excluding carboxylic acids is 2. The molecule has 31 heavy (non-hydrogen) atoms. The van der Waals surface area contributed by atoms with Gasteiger partial charge in [0.05, 0.1) is 17.2 Å². The third kappa shape index (κ3) is 4.23. The molecule has 1 aromatic heterocycles. The molecule has 8 nitrogen and oxygen atoms in total. The first-order valence-electron chi connectivity index (χ1n) is 9.74. The van der Waals surface area contributed by atoms with Crippen LogP contribution in [0.2, 0.25) is 0 Å². The lowest BCUT2D eigenvalue weighted by Crippen LogP contribution is -2.43. The summed E-state index contributed by atoms with van der Waals surface area (Å²) in [5, 5.41) is 0. The van der Waals surface area contributed by atoms with Crippen molar-refractivity contribution in [3.63, 3.8) is 0 Å². The highest BCUT2D eigenvalue weighted by Crippen LogP contribution is 2.25. The van der Waals surface area contributed by atoms with Crippen molar-refractivity contribution in [2.24, 2.45) is 15.7 Å². The highest BCUT2D eigenvalue weighted by atomic mass is 16.2. The van der Waals surface area contributed by atoms with Crippen LogP contribution in [0.1, 0.15) is 33.2 Å². The van der Waals surface area contributed by atoms with Gasteiger partial charge in [0.2, 0.25) is 0 Å². The van der Waals surface area contributed by atoms with E-state index in [-0.39, 0.29) is 11.8 Å². The normalized spacial score (nSPS) is 15.2. The lowest BCUT2D eigenvalue weighted by Gasteiger charge is -2.22. The van der Waals surface area contributed by atoms with E-state index in [4.69, 9.17) is 5.73 Å². The molecule has 1 atom stereocenters. The summed E-state index contributed by atoms with van der Waals surface area (Å²) >= 11 is 0. The summed E-state index contributed by atoms with van der Waals surface area (Å²) in [6, 6.07) is 17.2. The number of aliphatic imine (C=N–C) groups is 2. The van der Waals surface area contributed by atoms with Crippen LogP contribution in [0.25, 0.3) is 0 Å². The number of aromatic nitrogens is 2. The fourth-order valence-corrected chi connectivity index (χ4v) is 3.33. The van der Waals surface area contributed by atoms with Gasteiger partial charge in [-0.15, -0.1) is 0 Å². The molecule has 0 saturated carbocycles. The molecule has 2 amide bonds. The Morgan fingerprint density at radius 2 is 1.52 bits per heavy atom. The molecule has 2 heterocycles. The van der Waals surface area contributed by atoms with Gasteiger partial charge in [-0.3, -0.25) is 14.5 Å². The number of hydrogen-bond acceptors (Lipinski definition) is 5. The predicted octanol–water partition coefficient (Wildman–Crippen LogP) is 2.79. The summed E-state index contributed by atoms with van der Waals surface area (Å²) in [7, 11) is 0. The molecule has 2 aromatic carbocycles. The number of amides is 2. The molecule has 1 unspecified atom stereocenters. The van der Waals surface area contributed by atoms with Gasteiger partial charge in [0, 0.05) is 18.8 Å². The Balaban J connectivity index is 1.69. The molecule has 0 saturated heterocycles. The molecule has 8 heteroatoms. The van der Waals surface area contributed by atoms with E-state index in [2.05, 4.69) is 20.0 Å². The second-order valence-corrected chi connectivity index (χ2v) is 6.99. The number of rotatable bonds is 5. The van der Waals surface area contributed by atoms with Crippen LogP contribution < -0.4 is 5.73 Å². The van der Waals surface area contributed by atoms with Crippen molar-refractivity contribution in [3.05, 3.63) is 89.7 Å². The largest absolute Gasteiger partial charge is 0.387 e. The third-order valence-electron chi connectivity index (χ3n) is 4.84. The number of nitrogens with zero attached hydrogens (tertiary/aromatic N) is 5. The number of fused-ring (bicyclic) bond motifs is 1. The van der Waals surface area contributed by atoms with Gasteiger partial charge in [-0.2, -0.15) is 4.99 Å². The van der Waals surface area contributed by atoms with Crippen molar-refractivity contribution < 1.29 is 9.59 Å². The van der Waals surface area contributed by atoms with Crippen LogP contribution in [-0.2, 0) is 6.42 Å². The lowest BCUT2D eigenvalue weighted by molar-refractivity contribution is 0.0634. The number of hydrogen-bond donors (Lipinski definition) is 1. The average Bonchev–Trinajstić information content (AvgIpc) is 3.04. The van der Waals surface area contributed by atoms with Crippen molar-refractivity contribution >= 4 is 29.4 Å². The van der Waals surface area contributed by atoms with Crippen molar-refractivity contribution in [2.75, 3.05) is 0 Å². The summed E-state index contributed by atoms with van der Waals surface area (Å²) in [6.07, 6.45) is 3.49. The Morgan fingerprint density at radius 1 is 0.935 bits per heavy atom. The van der Waals surface area contributed by atoms with E-state index in [0.29, 0.717) is 23.4 Å². The smallest absolute Gasteiger partial charge is 0.262 e. The van der Waals surface area contributed by atoms with E-state index >= 15 is 0 Å². The average molecular weight is 412 g/mol. The number of nitrogens with two attached hydrogens (primary N) is 1. The van der Waals surface area contributed by atoms with Gasteiger partial charge in [-0.05, 0) is 30.7 Å². The Hall–Kier alpha value is -4.20. The molecule has 3 aromatic rings. The fourth-order valence-electron chi connectivity index (χ4n) is 3.33. The van der Waals surface area contributed by atoms with E-state index in [0.717, 1.165) is 10.5 Å². The summed E-state index contributed by atoms with van der Waals surface area (Å²) in [6.45, 7) is 1.68. The molecule has 0 fully saturated rings. The van der Waals surface area contributed by atoms with Gasteiger partial charge in [0.1, 0.15) is 5.84 Å². The summed E-state index contributed by atoms with van der Waals surface area (Å²) in [5.74, 6) is -0.158. The topological polar surface area (TPSA) is 114 Å². The Kier molecular flexibility index (Phi) is 5.61. The Labute approximate surface area is 179 Å². The van der Waals surface area contributed by atoms with Gasteiger partial charge in [-0.1, -0.05) is 42.5 Å². The molecular weight excluding hydrogens is 392 g/mol. The van der Waals surface area contributed by atoms with Gasteiger partial charge in [0.25, 0.3) is 17.8 Å². The number of imide groups is 1. The molecular formula is C23H20N6O2. The van der Waals surface area contributed by atoms with Crippen LogP contribution in [0.5, 0.6) is 0 Å². The molecule has 4 rings (SSSR count). The van der Waals surface area contributed by atoms with Crippen molar-refractivity contribution in [2.45, 2.75) is 19.4 Å². The third-order valence-corrected chi connectivity index (χ3v) is 4.84. The molecule has 0 spiro atoms. The van der Waals surface area contributed by atoms with Gasteiger partial charge in [0.15, 0.2) is 5.84 Å². The molecule has 0 radical (unpaired) electrons. The van der Waals surface area contributed by atoms with Crippen LogP contribution >= 0.6 is 0 Å². The highest BCUT2D eigenvalue weighted by Gasteiger charge is 2.40. The van der Waals surface area contributed by atoms with Gasteiger partial charge < -0.3 is 5.73 Å². The van der Waals surface area contributed by atoms with Crippen LogP contribution in [0, 0.1) is 0 Å². The van der Waals surface area contributed by atoms with Gasteiger partial charge >= 0.3 is 0 Å². The molecule has 1 aliphatic heterocycles. The van der Waals surface area contributed by atoms with E-state index in [1.165, 1.54) is 0 Å². The zero-order valence-electron chi connectivity index (χ0n) is 16.8. The summed E-state index contributed by atoms with van der Waals surface area (Å²) < 4.78 is 0. The maximum atomic E-state index is 12.9. The molecule has 0 bridgehead atoms. The van der Waals surface area contributed by atoms with Crippen molar-refractivity contribution in [1.82, 2.24) is 14.9 Å². The lowest BCUT2D eigenvalue weighted by atomic mass is 10.1. The Bertz CT molecular complexity index is 1140. The summed E-state index contributed by atoms with van der Waals surface area (Å²) in [5.41, 5.74) is 7.88. The second-order valence-electron chi connectivity index (χ2n) is 6.99. The van der Waals surface area contributed by atoms with Crippen LogP contribution in [-0.4, -0.2) is 44.4 Å². The monoisotopic (exact) mass is 412 g/mol. The van der Waals surface area contributed by atoms with Crippen molar-refractivity contribution in [1.29, 1.82) is 0 Å². The first kappa shape index (κ1) is 20.1. The zero-order chi connectivity index (χ0) is 21.8. The Morgan fingerprint density at radius 3 is 2.13 bits per heavy atom.